The third-order valence-electron chi connectivity index (χ3n) is 3.38. The van der Waals surface area contributed by atoms with Gasteiger partial charge >= 0.3 is 18.9 Å². The van der Waals surface area contributed by atoms with E-state index in [4.69, 9.17) is 37.4 Å². The van der Waals surface area contributed by atoms with Gasteiger partial charge in [-0.15, -0.1) is 0 Å². The maximum absolute atomic E-state index is 12.9. The molecule has 0 bridgehead atoms. The summed E-state index contributed by atoms with van der Waals surface area (Å²) in [6.45, 7) is 7.10. The molecule has 0 heterocycles. The van der Waals surface area contributed by atoms with E-state index in [1.165, 1.54) is 0 Å². The van der Waals surface area contributed by atoms with Gasteiger partial charge in [0.05, 0.1) is 40.7 Å². The molecule has 140 valence electrons. The van der Waals surface area contributed by atoms with Crippen LogP contribution in [-0.2, 0) is 0 Å². The molecule has 2 rings (SSSR count). The molecule has 0 amide bonds. The van der Waals surface area contributed by atoms with Crippen LogP contribution >= 0.6 is 31.8 Å². The van der Waals surface area contributed by atoms with Gasteiger partial charge in [-0.25, -0.2) is 0 Å². The average molecular weight is 422 g/mol. The van der Waals surface area contributed by atoms with Crippen molar-refractivity contribution < 1.29 is 37.9 Å². The zero-order valence-corrected chi connectivity index (χ0v) is 18.4. The van der Waals surface area contributed by atoms with Crippen molar-refractivity contribution in [2.24, 2.45) is 0 Å². The summed E-state index contributed by atoms with van der Waals surface area (Å²) in [5, 5.41) is 1.34. The van der Waals surface area contributed by atoms with Gasteiger partial charge < -0.3 is 14.2 Å². The molecule has 0 radical (unpaired) electrons. The fourth-order valence-corrected chi connectivity index (χ4v) is 4.25. The van der Waals surface area contributed by atoms with E-state index in [1.807, 2.05) is 20.8 Å². The Balaban J connectivity index is 0.00000364. The molecule has 0 aliphatic rings. The van der Waals surface area contributed by atoms with Crippen molar-refractivity contribution in [2.45, 2.75) is 20.8 Å². The SMILES string of the molecule is CCOc1cc(OCC)c(PC(=O)c2c(Cl)cccc2Cl)c(OCC)c1.[Li+]. The van der Waals surface area contributed by atoms with Gasteiger partial charge in [-0.3, -0.25) is 4.79 Å². The van der Waals surface area contributed by atoms with Crippen molar-refractivity contribution in [3.63, 3.8) is 0 Å². The van der Waals surface area contributed by atoms with Crippen LogP contribution in [0.5, 0.6) is 17.2 Å². The van der Waals surface area contributed by atoms with Crippen LogP contribution < -0.4 is 38.4 Å². The molecule has 4 nitrogen and oxygen atoms in total. The fourth-order valence-electron chi connectivity index (χ4n) is 2.37. The summed E-state index contributed by atoms with van der Waals surface area (Å²) in [6.07, 6.45) is 0. The molecule has 0 aliphatic carbocycles. The van der Waals surface area contributed by atoms with E-state index in [2.05, 4.69) is 0 Å². The van der Waals surface area contributed by atoms with Gasteiger partial charge in [-0.2, -0.15) is 0 Å². The summed E-state index contributed by atoms with van der Waals surface area (Å²) in [6, 6.07) is 8.56. The van der Waals surface area contributed by atoms with Crippen molar-refractivity contribution >= 4 is 42.6 Å². The molecule has 8 heteroatoms. The van der Waals surface area contributed by atoms with Crippen LogP contribution in [0.2, 0.25) is 10.0 Å². The van der Waals surface area contributed by atoms with Crippen LogP contribution in [0.4, 0.5) is 0 Å². The third-order valence-corrected chi connectivity index (χ3v) is 5.23. The van der Waals surface area contributed by atoms with Crippen LogP contribution in [0.25, 0.3) is 0 Å². The summed E-state index contributed by atoms with van der Waals surface area (Å²) in [4.78, 5) is 12.9. The fraction of sp³-hybridized carbons (Fsp3) is 0.316. The molecule has 2 aromatic carbocycles. The molecule has 1 unspecified atom stereocenters. The van der Waals surface area contributed by atoms with Crippen LogP contribution in [0.1, 0.15) is 31.1 Å². The van der Waals surface area contributed by atoms with Gasteiger partial charge in [0.15, 0.2) is 5.52 Å². The Bertz CT molecular complexity index is 739. The number of hydrogen-bond acceptors (Lipinski definition) is 4. The minimum absolute atomic E-state index is 0. The van der Waals surface area contributed by atoms with Gasteiger partial charge in [-0.1, -0.05) is 29.3 Å². The van der Waals surface area contributed by atoms with Gasteiger partial charge in [-0.05, 0) is 41.5 Å². The van der Waals surface area contributed by atoms with E-state index in [1.54, 1.807) is 30.3 Å². The second-order valence-corrected chi connectivity index (χ2v) is 7.16. The predicted molar refractivity (Wildman–Crippen MR) is 109 cm³/mol. The van der Waals surface area contributed by atoms with Crippen molar-refractivity contribution in [3.05, 3.63) is 45.9 Å². The van der Waals surface area contributed by atoms with Crippen LogP contribution in [0, 0.1) is 0 Å². The van der Waals surface area contributed by atoms with Crippen LogP contribution in [0.3, 0.4) is 0 Å². The molecule has 0 aromatic heterocycles. The average Bonchev–Trinajstić information content (AvgIpc) is 2.58. The first-order chi connectivity index (χ1) is 12.5. The molecule has 0 fully saturated rings. The smallest absolute Gasteiger partial charge is 0.494 e. The largest absolute Gasteiger partial charge is 1.00 e. The zero-order valence-electron chi connectivity index (χ0n) is 15.9. The zero-order chi connectivity index (χ0) is 19.1. The number of hydrogen-bond donors (Lipinski definition) is 0. The summed E-state index contributed by atoms with van der Waals surface area (Å²) in [7, 11) is -0.249. The Kier molecular flexibility index (Phi) is 10.6. The molecule has 0 saturated heterocycles. The maximum Gasteiger partial charge on any atom is 1.00 e. The quantitative estimate of drug-likeness (QED) is 0.460. The first kappa shape index (κ1) is 24.2. The number of ether oxygens (including phenoxy) is 3. The summed E-state index contributed by atoms with van der Waals surface area (Å²) >= 11 is 12.4. The third kappa shape index (κ3) is 6.31. The van der Waals surface area contributed by atoms with E-state index in [-0.39, 0.29) is 33.0 Å². The second kappa shape index (κ2) is 11.8. The number of benzene rings is 2. The van der Waals surface area contributed by atoms with Gasteiger partial charge in [0.25, 0.3) is 0 Å². The van der Waals surface area contributed by atoms with Crippen LogP contribution in [-0.4, -0.2) is 25.3 Å². The summed E-state index contributed by atoms with van der Waals surface area (Å²) in [5.74, 6) is 1.77. The normalized spacial score (nSPS) is 10.6. The van der Waals surface area contributed by atoms with E-state index >= 15 is 0 Å². The van der Waals surface area contributed by atoms with Crippen molar-refractivity contribution in [1.82, 2.24) is 0 Å². The maximum atomic E-state index is 12.9. The van der Waals surface area contributed by atoms with E-state index in [0.29, 0.717) is 58.0 Å². The Morgan fingerprint density at radius 2 is 1.41 bits per heavy atom. The van der Waals surface area contributed by atoms with E-state index in [9.17, 15) is 4.79 Å². The predicted octanol–water partition coefficient (Wildman–Crippen LogP) is 2.34. The molecule has 0 N–H and O–H groups in total. The molecule has 0 spiro atoms. The Labute approximate surface area is 183 Å². The van der Waals surface area contributed by atoms with Gasteiger partial charge in [0.2, 0.25) is 0 Å². The number of rotatable bonds is 9. The Hall–Kier alpha value is -0.883. The summed E-state index contributed by atoms with van der Waals surface area (Å²) < 4.78 is 17.1. The summed E-state index contributed by atoms with van der Waals surface area (Å²) in [5.41, 5.74) is 0.139. The second-order valence-electron chi connectivity index (χ2n) is 5.14. The van der Waals surface area contributed by atoms with Crippen molar-refractivity contribution in [3.8, 4) is 17.2 Å². The molecule has 0 saturated carbocycles. The number of carbonyl (C=O) groups is 1. The van der Waals surface area contributed by atoms with Crippen molar-refractivity contribution in [1.29, 1.82) is 0 Å². The number of halogens is 2. The standard InChI is InChI=1S/C19H21Cl2O4P.Li/c1-4-23-12-10-15(24-5-2)18(16(11-12)25-6-3)26-19(22)17-13(20)8-7-9-14(17)21;/h7-11,26H,4-6H2,1-3H3;/q;+1. The minimum atomic E-state index is -0.249. The number of carbonyl (C=O) groups excluding carboxylic acids is 1. The van der Waals surface area contributed by atoms with Gasteiger partial charge in [0, 0.05) is 12.1 Å². The van der Waals surface area contributed by atoms with Crippen LogP contribution in [0.15, 0.2) is 30.3 Å². The monoisotopic (exact) mass is 421 g/mol. The molecule has 2 aromatic rings. The molecular formula is C19H21Cl2LiO4P+. The first-order valence-corrected chi connectivity index (χ1v) is 10.1. The van der Waals surface area contributed by atoms with E-state index in [0.717, 1.165) is 0 Å². The molecule has 1 atom stereocenters. The molecule has 0 aliphatic heterocycles. The Morgan fingerprint density at radius 1 is 0.926 bits per heavy atom. The van der Waals surface area contributed by atoms with Gasteiger partial charge in [0.1, 0.15) is 17.2 Å². The van der Waals surface area contributed by atoms with E-state index < -0.39 is 0 Å². The first-order valence-electron chi connectivity index (χ1n) is 8.33. The Morgan fingerprint density at radius 3 is 1.85 bits per heavy atom. The van der Waals surface area contributed by atoms with Crippen molar-refractivity contribution in [2.75, 3.05) is 19.8 Å². The minimum Gasteiger partial charge on any atom is -0.494 e. The molecular weight excluding hydrogens is 401 g/mol. The topological polar surface area (TPSA) is 44.8 Å². The molecule has 27 heavy (non-hydrogen) atoms.